The van der Waals surface area contributed by atoms with Crippen LogP contribution in [0.5, 0.6) is 0 Å². The van der Waals surface area contributed by atoms with Gasteiger partial charge in [0.1, 0.15) is 5.82 Å². The summed E-state index contributed by atoms with van der Waals surface area (Å²) in [5.74, 6) is 4.41. The van der Waals surface area contributed by atoms with Crippen molar-refractivity contribution in [3.8, 4) is 11.8 Å². The first-order chi connectivity index (χ1) is 10.1. The third-order valence-electron chi connectivity index (χ3n) is 2.57. The Morgan fingerprint density at radius 3 is 2.95 bits per heavy atom. The Kier molecular flexibility index (Phi) is 4.88. The molecular formula is C15H11ClFN3O. The van der Waals surface area contributed by atoms with Crippen molar-refractivity contribution in [1.29, 1.82) is 0 Å². The van der Waals surface area contributed by atoms with Crippen LogP contribution in [0.4, 0.5) is 10.1 Å². The second-order valence-electron chi connectivity index (χ2n) is 4.01. The summed E-state index contributed by atoms with van der Waals surface area (Å²) >= 11 is 5.59. The van der Waals surface area contributed by atoms with Crippen molar-refractivity contribution in [2.45, 2.75) is 0 Å². The Hall–Kier alpha value is -2.42. The highest BCUT2D eigenvalue weighted by atomic mass is 35.5. The Morgan fingerprint density at radius 1 is 1.43 bits per heavy atom. The molecule has 21 heavy (non-hydrogen) atoms. The van der Waals surface area contributed by atoms with Gasteiger partial charge < -0.3 is 11.1 Å². The van der Waals surface area contributed by atoms with Gasteiger partial charge in [-0.05, 0) is 24.3 Å². The van der Waals surface area contributed by atoms with Crippen molar-refractivity contribution in [1.82, 2.24) is 4.98 Å². The molecule has 4 nitrogen and oxygen atoms in total. The molecule has 6 heteroatoms. The maximum Gasteiger partial charge on any atom is 0.257 e. The number of nitrogens with zero attached hydrogens (tertiary/aromatic N) is 1. The second kappa shape index (κ2) is 6.84. The molecule has 2 rings (SSSR count). The molecule has 106 valence electrons. The van der Waals surface area contributed by atoms with Gasteiger partial charge in [-0.2, -0.15) is 0 Å². The van der Waals surface area contributed by atoms with E-state index in [1.54, 1.807) is 0 Å². The standard InChI is InChI=1S/C15H11ClFN3O/c16-13-4-3-11(8-14(13)17)20-15(21)12-5-7-19-9-10(12)2-1-6-18/h3-5,7-9H,6,18H2,(H,20,21). The summed E-state index contributed by atoms with van der Waals surface area (Å²) in [6, 6.07) is 5.55. The average molecular weight is 304 g/mol. The van der Waals surface area contributed by atoms with Gasteiger partial charge >= 0.3 is 0 Å². The molecule has 0 saturated carbocycles. The lowest BCUT2D eigenvalue weighted by Crippen LogP contribution is -2.14. The number of amides is 1. The van der Waals surface area contributed by atoms with E-state index in [4.69, 9.17) is 17.3 Å². The molecule has 1 aromatic carbocycles. The van der Waals surface area contributed by atoms with Crippen LogP contribution in [0.2, 0.25) is 5.02 Å². The van der Waals surface area contributed by atoms with Crippen molar-refractivity contribution in [3.05, 3.63) is 58.6 Å². The number of nitrogens with one attached hydrogen (secondary N) is 1. The Morgan fingerprint density at radius 2 is 2.24 bits per heavy atom. The van der Waals surface area contributed by atoms with E-state index in [1.807, 2.05) is 0 Å². The number of hydrogen-bond acceptors (Lipinski definition) is 3. The third kappa shape index (κ3) is 3.78. The number of aromatic nitrogens is 1. The number of rotatable bonds is 2. The van der Waals surface area contributed by atoms with Crippen LogP contribution in [0.3, 0.4) is 0 Å². The summed E-state index contributed by atoms with van der Waals surface area (Å²) in [6.45, 7) is 0.179. The third-order valence-corrected chi connectivity index (χ3v) is 2.87. The van der Waals surface area contributed by atoms with Crippen LogP contribution in [-0.4, -0.2) is 17.4 Å². The summed E-state index contributed by atoms with van der Waals surface area (Å²) in [6.07, 6.45) is 2.95. The van der Waals surface area contributed by atoms with Crippen LogP contribution in [0.25, 0.3) is 0 Å². The second-order valence-corrected chi connectivity index (χ2v) is 4.42. The Balaban J connectivity index is 2.26. The van der Waals surface area contributed by atoms with Gasteiger partial charge in [0.15, 0.2) is 0 Å². The maximum atomic E-state index is 13.3. The Bertz CT molecular complexity index is 737. The number of carbonyl (C=O) groups is 1. The molecule has 1 heterocycles. The van der Waals surface area contributed by atoms with E-state index in [0.717, 1.165) is 6.07 Å². The van der Waals surface area contributed by atoms with Crippen molar-refractivity contribution in [2.75, 3.05) is 11.9 Å². The molecule has 0 unspecified atom stereocenters. The molecule has 0 bridgehead atoms. The van der Waals surface area contributed by atoms with E-state index in [0.29, 0.717) is 16.8 Å². The predicted molar refractivity (Wildman–Crippen MR) is 79.5 cm³/mol. The van der Waals surface area contributed by atoms with Crippen molar-refractivity contribution >= 4 is 23.2 Å². The molecule has 0 aliphatic rings. The molecule has 2 aromatic rings. The SMILES string of the molecule is NCC#Cc1cnccc1C(=O)Nc1ccc(Cl)c(F)c1. The van der Waals surface area contributed by atoms with E-state index in [9.17, 15) is 9.18 Å². The summed E-state index contributed by atoms with van der Waals surface area (Å²) in [4.78, 5) is 16.1. The quantitative estimate of drug-likeness (QED) is 0.837. The minimum Gasteiger partial charge on any atom is -0.322 e. The number of halogens is 2. The first-order valence-corrected chi connectivity index (χ1v) is 6.39. The monoisotopic (exact) mass is 303 g/mol. The lowest BCUT2D eigenvalue weighted by molar-refractivity contribution is 0.102. The average Bonchev–Trinajstić information content (AvgIpc) is 2.49. The van der Waals surface area contributed by atoms with E-state index in [-0.39, 0.29) is 11.6 Å². The maximum absolute atomic E-state index is 13.3. The number of hydrogen-bond donors (Lipinski definition) is 2. The van der Waals surface area contributed by atoms with Crippen LogP contribution in [0.15, 0.2) is 36.7 Å². The number of carbonyl (C=O) groups excluding carboxylic acids is 1. The first-order valence-electron chi connectivity index (χ1n) is 6.01. The van der Waals surface area contributed by atoms with Gasteiger partial charge in [0.25, 0.3) is 5.91 Å². The molecule has 1 aromatic heterocycles. The molecule has 0 fully saturated rings. The lowest BCUT2D eigenvalue weighted by atomic mass is 10.1. The molecule has 0 spiro atoms. The summed E-state index contributed by atoms with van der Waals surface area (Å²) in [7, 11) is 0. The largest absolute Gasteiger partial charge is 0.322 e. The minimum absolute atomic E-state index is 0.00795. The highest BCUT2D eigenvalue weighted by molar-refractivity contribution is 6.30. The van der Waals surface area contributed by atoms with Crippen molar-refractivity contribution in [3.63, 3.8) is 0 Å². The molecular weight excluding hydrogens is 293 g/mol. The Labute approximate surface area is 126 Å². The normalized spacial score (nSPS) is 9.67. The van der Waals surface area contributed by atoms with Crippen LogP contribution < -0.4 is 11.1 Å². The van der Waals surface area contributed by atoms with E-state index < -0.39 is 11.7 Å². The first kappa shape index (κ1) is 15.0. The van der Waals surface area contributed by atoms with E-state index in [2.05, 4.69) is 22.1 Å². The fraction of sp³-hybridized carbons (Fsp3) is 0.0667. The van der Waals surface area contributed by atoms with Gasteiger partial charge in [-0.15, -0.1) is 0 Å². The number of nitrogens with two attached hydrogens (primary N) is 1. The highest BCUT2D eigenvalue weighted by Gasteiger charge is 2.11. The predicted octanol–water partition coefficient (Wildman–Crippen LogP) is 2.44. The van der Waals surface area contributed by atoms with Gasteiger partial charge in [-0.25, -0.2) is 4.39 Å². The highest BCUT2D eigenvalue weighted by Crippen LogP contribution is 2.19. The summed E-state index contributed by atoms with van der Waals surface area (Å²) < 4.78 is 13.3. The fourth-order valence-electron chi connectivity index (χ4n) is 1.61. The summed E-state index contributed by atoms with van der Waals surface area (Å²) in [5, 5.41) is 2.57. The molecule has 0 aliphatic heterocycles. The van der Waals surface area contributed by atoms with E-state index in [1.165, 1.54) is 30.6 Å². The zero-order valence-corrected chi connectivity index (χ0v) is 11.6. The van der Waals surface area contributed by atoms with Crippen LogP contribution in [0, 0.1) is 17.7 Å². The molecule has 3 N–H and O–H groups in total. The molecule has 0 atom stereocenters. The lowest BCUT2D eigenvalue weighted by Gasteiger charge is -2.07. The van der Waals surface area contributed by atoms with Gasteiger partial charge in [0.05, 0.1) is 22.7 Å². The fourth-order valence-corrected chi connectivity index (χ4v) is 1.73. The van der Waals surface area contributed by atoms with Crippen LogP contribution >= 0.6 is 11.6 Å². The topological polar surface area (TPSA) is 68.0 Å². The van der Waals surface area contributed by atoms with Crippen molar-refractivity contribution < 1.29 is 9.18 Å². The number of pyridine rings is 1. The van der Waals surface area contributed by atoms with Gasteiger partial charge in [-0.3, -0.25) is 9.78 Å². The number of benzene rings is 1. The number of anilines is 1. The van der Waals surface area contributed by atoms with Gasteiger partial charge in [-0.1, -0.05) is 23.4 Å². The molecule has 0 aliphatic carbocycles. The van der Waals surface area contributed by atoms with E-state index >= 15 is 0 Å². The minimum atomic E-state index is -0.604. The van der Waals surface area contributed by atoms with Crippen LogP contribution in [-0.2, 0) is 0 Å². The van der Waals surface area contributed by atoms with Gasteiger partial charge in [0, 0.05) is 18.1 Å². The molecule has 0 saturated heterocycles. The zero-order chi connectivity index (χ0) is 15.2. The molecule has 1 amide bonds. The molecule has 0 radical (unpaired) electrons. The van der Waals surface area contributed by atoms with Gasteiger partial charge in [0.2, 0.25) is 0 Å². The summed E-state index contributed by atoms with van der Waals surface area (Å²) in [5.41, 5.74) is 6.40. The zero-order valence-electron chi connectivity index (χ0n) is 10.9. The van der Waals surface area contributed by atoms with Crippen molar-refractivity contribution in [2.24, 2.45) is 5.73 Å². The smallest absolute Gasteiger partial charge is 0.257 e. The van der Waals surface area contributed by atoms with Crippen LogP contribution in [0.1, 0.15) is 15.9 Å².